The molecule has 6 rings (SSSR count). The van der Waals surface area contributed by atoms with Gasteiger partial charge in [-0.2, -0.15) is 0 Å². The minimum atomic E-state index is -0.256. The fraction of sp³-hybridized carbons (Fsp3) is 0.676. The largest absolute Gasteiger partial charge is 0.504 e. The van der Waals surface area contributed by atoms with Gasteiger partial charge in [0.25, 0.3) is 0 Å². The zero-order chi connectivity index (χ0) is 28.8. The maximum atomic E-state index is 11.2. The van der Waals surface area contributed by atoms with Gasteiger partial charge in [0.1, 0.15) is 0 Å². The van der Waals surface area contributed by atoms with Crippen molar-refractivity contribution < 1.29 is 19.7 Å². The van der Waals surface area contributed by atoms with Crippen molar-refractivity contribution in [1.29, 1.82) is 0 Å². The SMILES string of the molecule is CC1(C)CC2(CC(C)(C)c3cc(OCCC4CCCCC4)c(O)cc32)c2cc(O)c(OCCC3CCCCC3)cc21. The lowest BCUT2D eigenvalue weighted by molar-refractivity contribution is 0.239. The lowest BCUT2D eigenvalue weighted by Gasteiger charge is -2.30. The van der Waals surface area contributed by atoms with Gasteiger partial charge in [0.05, 0.1) is 13.2 Å². The lowest BCUT2D eigenvalue weighted by Crippen LogP contribution is -2.26. The third-order valence-corrected chi connectivity index (χ3v) is 11.2. The summed E-state index contributed by atoms with van der Waals surface area (Å²) in [6.45, 7) is 10.6. The van der Waals surface area contributed by atoms with Gasteiger partial charge in [-0.05, 0) is 94.9 Å². The summed E-state index contributed by atoms with van der Waals surface area (Å²) in [7, 11) is 0. The van der Waals surface area contributed by atoms with Crippen LogP contribution in [-0.2, 0) is 16.2 Å². The van der Waals surface area contributed by atoms with Gasteiger partial charge in [0, 0.05) is 5.41 Å². The summed E-state index contributed by atoms with van der Waals surface area (Å²) in [6.07, 6.45) is 17.3. The van der Waals surface area contributed by atoms with Gasteiger partial charge < -0.3 is 19.7 Å². The smallest absolute Gasteiger partial charge is 0.161 e. The molecule has 0 aliphatic heterocycles. The molecule has 0 unspecified atom stereocenters. The molecule has 4 nitrogen and oxygen atoms in total. The van der Waals surface area contributed by atoms with Crippen molar-refractivity contribution >= 4 is 0 Å². The average molecular weight is 561 g/mol. The molecule has 0 aromatic heterocycles. The average Bonchev–Trinajstić information content (AvgIpc) is 3.29. The number of hydrogen-bond acceptors (Lipinski definition) is 4. The van der Waals surface area contributed by atoms with E-state index in [4.69, 9.17) is 9.47 Å². The highest BCUT2D eigenvalue weighted by Crippen LogP contribution is 2.64. The quantitative estimate of drug-likeness (QED) is 0.338. The second-order valence-electron chi connectivity index (χ2n) is 15.2. The van der Waals surface area contributed by atoms with Crippen LogP contribution in [-0.4, -0.2) is 23.4 Å². The standard InChI is InChI=1S/C37H52O4/c1-35(2)23-37(29-19-31(38)33(21-27(29)35)40-17-15-25-11-7-5-8-12-25)24-36(3,4)28-22-34(32(39)20-30(28)37)41-18-16-26-13-9-6-10-14-26/h19-22,25-26,38-39H,5-18,23-24H2,1-4H3. The van der Waals surface area contributed by atoms with Crippen LogP contribution in [0.4, 0.5) is 0 Å². The topological polar surface area (TPSA) is 58.9 Å². The predicted molar refractivity (Wildman–Crippen MR) is 166 cm³/mol. The van der Waals surface area contributed by atoms with Crippen LogP contribution in [0.1, 0.15) is 140 Å². The summed E-state index contributed by atoms with van der Waals surface area (Å²) in [5.41, 5.74) is 4.50. The van der Waals surface area contributed by atoms with Gasteiger partial charge in [-0.15, -0.1) is 0 Å². The fourth-order valence-electron chi connectivity index (χ4n) is 9.19. The summed E-state index contributed by atoms with van der Waals surface area (Å²) in [4.78, 5) is 0. The van der Waals surface area contributed by atoms with E-state index in [1.807, 2.05) is 12.1 Å². The lowest BCUT2D eigenvalue weighted by atomic mass is 9.72. The summed E-state index contributed by atoms with van der Waals surface area (Å²) >= 11 is 0. The first-order valence-electron chi connectivity index (χ1n) is 16.6. The Morgan fingerprint density at radius 1 is 0.585 bits per heavy atom. The molecule has 41 heavy (non-hydrogen) atoms. The molecule has 0 heterocycles. The Balaban J connectivity index is 1.26. The van der Waals surface area contributed by atoms with Crippen molar-refractivity contribution in [3.05, 3.63) is 46.5 Å². The second-order valence-corrected chi connectivity index (χ2v) is 15.2. The molecule has 4 aliphatic carbocycles. The van der Waals surface area contributed by atoms with E-state index in [2.05, 4.69) is 39.8 Å². The number of hydrogen-bond donors (Lipinski definition) is 2. The molecule has 1 spiro atoms. The maximum Gasteiger partial charge on any atom is 0.161 e. The van der Waals surface area contributed by atoms with Crippen molar-refractivity contribution in [2.24, 2.45) is 11.8 Å². The van der Waals surface area contributed by atoms with Crippen LogP contribution in [0.5, 0.6) is 23.0 Å². The van der Waals surface area contributed by atoms with Gasteiger partial charge in [0.2, 0.25) is 0 Å². The van der Waals surface area contributed by atoms with Crippen LogP contribution >= 0.6 is 0 Å². The van der Waals surface area contributed by atoms with Crippen LogP contribution in [0.25, 0.3) is 0 Å². The molecule has 4 aliphatic rings. The molecule has 0 bridgehead atoms. The minimum Gasteiger partial charge on any atom is -0.504 e. The Kier molecular flexibility index (Phi) is 7.74. The monoisotopic (exact) mass is 560 g/mol. The molecule has 2 saturated carbocycles. The Labute approximate surface area is 247 Å². The first kappa shape index (κ1) is 28.7. The van der Waals surface area contributed by atoms with Crippen LogP contribution in [0, 0.1) is 11.8 Å². The number of benzene rings is 2. The van der Waals surface area contributed by atoms with Crippen molar-refractivity contribution in [3.63, 3.8) is 0 Å². The third-order valence-electron chi connectivity index (χ3n) is 11.2. The number of fused-ring (bicyclic) bond motifs is 4. The molecule has 2 N–H and O–H groups in total. The summed E-state index contributed by atoms with van der Waals surface area (Å²) in [6, 6.07) is 8.20. The zero-order valence-corrected chi connectivity index (χ0v) is 26.0. The van der Waals surface area contributed by atoms with Crippen molar-refractivity contribution in [2.75, 3.05) is 13.2 Å². The molecule has 224 valence electrons. The molecule has 2 aromatic carbocycles. The van der Waals surface area contributed by atoms with Crippen LogP contribution in [0.2, 0.25) is 0 Å². The Bertz CT molecular complexity index is 1150. The van der Waals surface area contributed by atoms with Crippen molar-refractivity contribution in [1.82, 2.24) is 0 Å². The van der Waals surface area contributed by atoms with E-state index in [1.54, 1.807) is 0 Å². The number of rotatable bonds is 8. The fourth-order valence-corrected chi connectivity index (χ4v) is 9.19. The van der Waals surface area contributed by atoms with Gasteiger partial charge in [-0.1, -0.05) is 91.9 Å². The molecular weight excluding hydrogens is 508 g/mol. The molecule has 0 atom stereocenters. The summed E-state index contributed by atoms with van der Waals surface area (Å²) in [5.74, 6) is 3.22. The molecule has 0 saturated heterocycles. The molecule has 0 amide bonds. The van der Waals surface area contributed by atoms with E-state index in [1.165, 1.54) is 86.5 Å². The first-order valence-corrected chi connectivity index (χ1v) is 16.6. The van der Waals surface area contributed by atoms with Crippen molar-refractivity contribution in [2.45, 2.75) is 134 Å². The van der Waals surface area contributed by atoms with E-state index in [0.29, 0.717) is 24.7 Å². The number of phenols is 2. The van der Waals surface area contributed by atoms with Crippen LogP contribution in [0.3, 0.4) is 0 Å². The molecule has 0 radical (unpaired) electrons. The normalized spacial score (nSPS) is 22.9. The van der Waals surface area contributed by atoms with Crippen LogP contribution < -0.4 is 9.47 Å². The second kappa shape index (κ2) is 11.0. The van der Waals surface area contributed by atoms with E-state index in [9.17, 15) is 10.2 Å². The van der Waals surface area contributed by atoms with E-state index in [0.717, 1.165) is 37.5 Å². The number of phenolic OH excluding ortho intramolecular Hbond substituents is 2. The highest BCUT2D eigenvalue weighted by Gasteiger charge is 2.57. The van der Waals surface area contributed by atoms with E-state index < -0.39 is 0 Å². The number of aromatic hydroxyl groups is 2. The highest BCUT2D eigenvalue weighted by atomic mass is 16.5. The van der Waals surface area contributed by atoms with Crippen LogP contribution in [0.15, 0.2) is 24.3 Å². The Morgan fingerprint density at radius 2 is 0.976 bits per heavy atom. The maximum absolute atomic E-state index is 11.2. The highest BCUT2D eigenvalue weighted by molar-refractivity contribution is 5.65. The van der Waals surface area contributed by atoms with Gasteiger partial charge in [-0.25, -0.2) is 0 Å². The summed E-state index contributed by atoms with van der Waals surface area (Å²) < 4.78 is 12.5. The van der Waals surface area contributed by atoms with Gasteiger partial charge in [0.15, 0.2) is 23.0 Å². The van der Waals surface area contributed by atoms with E-state index >= 15 is 0 Å². The molecule has 2 fully saturated rings. The predicted octanol–water partition coefficient (Wildman–Crippen LogP) is 9.44. The molecule has 4 heteroatoms. The Hall–Kier alpha value is -2.36. The minimum absolute atomic E-state index is 0.0764. The zero-order valence-electron chi connectivity index (χ0n) is 26.0. The van der Waals surface area contributed by atoms with Crippen molar-refractivity contribution in [3.8, 4) is 23.0 Å². The molecular formula is C37H52O4. The van der Waals surface area contributed by atoms with E-state index in [-0.39, 0.29) is 27.7 Å². The van der Waals surface area contributed by atoms with Gasteiger partial charge in [-0.3, -0.25) is 0 Å². The molecule has 2 aromatic rings. The third kappa shape index (κ3) is 5.45. The Morgan fingerprint density at radius 3 is 1.37 bits per heavy atom. The summed E-state index contributed by atoms with van der Waals surface area (Å²) in [5, 5.41) is 22.4. The first-order chi connectivity index (χ1) is 19.6. The van der Waals surface area contributed by atoms with Gasteiger partial charge >= 0.3 is 0 Å². The number of ether oxygens (including phenoxy) is 2.